The van der Waals surface area contributed by atoms with Crippen LogP contribution in [0.3, 0.4) is 0 Å². The van der Waals surface area contributed by atoms with E-state index in [-0.39, 0.29) is 0 Å². The van der Waals surface area contributed by atoms with Gasteiger partial charge in [-0.25, -0.2) is 4.39 Å². The molecule has 0 aliphatic carbocycles. The molecule has 0 spiro atoms. The van der Waals surface area contributed by atoms with Crippen molar-refractivity contribution in [2.75, 3.05) is 0 Å². The fourth-order valence-electron chi connectivity index (χ4n) is 1.07. The molecule has 0 aromatic heterocycles. The third-order valence-electron chi connectivity index (χ3n) is 1.79. The second-order valence-electron chi connectivity index (χ2n) is 2.78. The van der Waals surface area contributed by atoms with Gasteiger partial charge in [-0.15, -0.1) is 6.42 Å². The molecule has 15 heavy (non-hydrogen) atoms. The number of aliphatic hydroxyl groups excluding tert-OH is 1. The van der Waals surface area contributed by atoms with Crippen molar-refractivity contribution in [3.8, 4) is 12.3 Å². The lowest BCUT2D eigenvalue weighted by molar-refractivity contribution is -0.140. The molecule has 0 radical (unpaired) electrons. The van der Waals surface area contributed by atoms with Crippen LogP contribution in [0.1, 0.15) is 17.2 Å². The van der Waals surface area contributed by atoms with Crippen LogP contribution < -0.4 is 0 Å². The van der Waals surface area contributed by atoms with Gasteiger partial charge in [0.05, 0.1) is 5.56 Å². The monoisotopic (exact) mass is 218 g/mol. The van der Waals surface area contributed by atoms with Crippen molar-refractivity contribution in [2.24, 2.45) is 0 Å². The molecule has 0 bridgehead atoms. The quantitative estimate of drug-likeness (QED) is 0.567. The average Bonchev–Trinajstić information content (AvgIpc) is 2.15. The molecule has 0 saturated carbocycles. The molecule has 0 aliphatic heterocycles. The summed E-state index contributed by atoms with van der Waals surface area (Å²) in [5.41, 5.74) is -1.98. The maximum absolute atomic E-state index is 13.2. The number of benzene rings is 1. The molecular weight excluding hydrogens is 212 g/mol. The Morgan fingerprint density at radius 3 is 2.40 bits per heavy atom. The van der Waals surface area contributed by atoms with Gasteiger partial charge in [-0.1, -0.05) is 18.1 Å². The van der Waals surface area contributed by atoms with Crippen LogP contribution in [0.15, 0.2) is 18.2 Å². The summed E-state index contributed by atoms with van der Waals surface area (Å²) in [6, 6.07) is 2.58. The summed E-state index contributed by atoms with van der Waals surface area (Å²) in [5, 5.41) is 9.06. The van der Waals surface area contributed by atoms with E-state index in [1.165, 1.54) is 0 Å². The summed E-state index contributed by atoms with van der Waals surface area (Å²) < 4.78 is 49.9. The molecule has 0 heterocycles. The second-order valence-corrected chi connectivity index (χ2v) is 2.78. The van der Waals surface area contributed by atoms with E-state index in [1.807, 2.05) is 0 Å². The first kappa shape index (κ1) is 11.5. The van der Waals surface area contributed by atoms with Gasteiger partial charge in [0.25, 0.3) is 0 Å². The molecule has 1 rings (SSSR count). The minimum atomic E-state index is -4.80. The Balaban J connectivity index is 3.31. The fourth-order valence-corrected chi connectivity index (χ4v) is 1.07. The largest absolute Gasteiger partial charge is 0.419 e. The Bertz CT molecular complexity index is 403. The van der Waals surface area contributed by atoms with Crippen LogP contribution in [-0.4, -0.2) is 5.11 Å². The normalized spacial score (nSPS) is 13.3. The van der Waals surface area contributed by atoms with Crippen LogP contribution in [0, 0.1) is 18.2 Å². The Morgan fingerprint density at radius 2 is 1.93 bits per heavy atom. The van der Waals surface area contributed by atoms with E-state index in [0.717, 1.165) is 12.1 Å². The van der Waals surface area contributed by atoms with Crippen molar-refractivity contribution >= 4 is 0 Å². The average molecular weight is 218 g/mol. The Morgan fingerprint density at radius 1 is 1.33 bits per heavy atom. The number of rotatable bonds is 1. The molecular formula is C10H6F4O. The molecule has 0 saturated heterocycles. The van der Waals surface area contributed by atoms with Crippen LogP contribution >= 0.6 is 0 Å². The van der Waals surface area contributed by atoms with Gasteiger partial charge in [0.1, 0.15) is 11.9 Å². The first-order valence-corrected chi connectivity index (χ1v) is 3.87. The maximum Gasteiger partial charge on any atom is 0.419 e. The van der Waals surface area contributed by atoms with Crippen molar-refractivity contribution in [3.05, 3.63) is 35.1 Å². The minimum Gasteiger partial charge on any atom is -0.376 e. The third kappa shape index (κ3) is 2.28. The van der Waals surface area contributed by atoms with Gasteiger partial charge < -0.3 is 5.11 Å². The number of alkyl halides is 3. The molecule has 1 N–H and O–H groups in total. The zero-order chi connectivity index (χ0) is 11.6. The van der Waals surface area contributed by atoms with Crippen molar-refractivity contribution < 1.29 is 22.7 Å². The molecule has 1 aromatic carbocycles. The maximum atomic E-state index is 13.2. The van der Waals surface area contributed by atoms with Gasteiger partial charge in [0.2, 0.25) is 0 Å². The summed E-state index contributed by atoms with van der Waals surface area (Å²) >= 11 is 0. The fraction of sp³-hybridized carbons (Fsp3) is 0.200. The van der Waals surface area contributed by atoms with Crippen LogP contribution in [0.4, 0.5) is 17.6 Å². The van der Waals surface area contributed by atoms with Crippen molar-refractivity contribution in [3.63, 3.8) is 0 Å². The number of aliphatic hydroxyl groups is 1. The smallest absolute Gasteiger partial charge is 0.376 e. The van der Waals surface area contributed by atoms with E-state index >= 15 is 0 Å². The number of hydrogen-bond donors (Lipinski definition) is 1. The highest BCUT2D eigenvalue weighted by molar-refractivity contribution is 5.32. The highest BCUT2D eigenvalue weighted by Gasteiger charge is 2.35. The molecule has 5 heteroatoms. The lowest BCUT2D eigenvalue weighted by Gasteiger charge is -2.11. The highest BCUT2D eigenvalue weighted by atomic mass is 19.4. The predicted octanol–water partition coefficient (Wildman–Crippen LogP) is 2.51. The lowest BCUT2D eigenvalue weighted by Crippen LogP contribution is -2.11. The van der Waals surface area contributed by atoms with Crippen molar-refractivity contribution in [1.29, 1.82) is 0 Å². The summed E-state index contributed by atoms with van der Waals surface area (Å²) in [7, 11) is 0. The number of hydrogen-bond acceptors (Lipinski definition) is 1. The Labute approximate surface area is 83.3 Å². The lowest BCUT2D eigenvalue weighted by atomic mass is 10.1. The van der Waals surface area contributed by atoms with Crippen molar-refractivity contribution in [2.45, 2.75) is 12.3 Å². The molecule has 1 aromatic rings. The van der Waals surface area contributed by atoms with Crippen LogP contribution in [0.2, 0.25) is 0 Å². The van der Waals surface area contributed by atoms with E-state index in [4.69, 9.17) is 11.5 Å². The molecule has 1 nitrogen and oxygen atoms in total. The molecule has 80 valence electrons. The van der Waals surface area contributed by atoms with Gasteiger partial charge in [-0.2, -0.15) is 13.2 Å². The van der Waals surface area contributed by atoms with E-state index in [9.17, 15) is 17.6 Å². The van der Waals surface area contributed by atoms with Gasteiger partial charge >= 0.3 is 6.18 Å². The van der Waals surface area contributed by atoms with Crippen LogP contribution in [-0.2, 0) is 6.18 Å². The van der Waals surface area contributed by atoms with E-state index in [2.05, 4.69) is 0 Å². The summed E-state index contributed by atoms with van der Waals surface area (Å²) in [4.78, 5) is 0. The number of terminal acetylenes is 1. The summed E-state index contributed by atoms with van der Waals surface area (Å²) in [6.07, 6.45) is -1.69. The zero-order valence-electron chi connectivity index (χ0n) is 7.35. The second kappa shape index (κ2) is 3.91. The van der Waals surface area contributed by atoms with Crippen LogP contribution in [0.5, 0.6) is 0 Å². The number of halogens is 4. The molecule has 1 unspecified atom stereocenters. The zero-order valence-corrected chi connectivity index (χ0v) is 7.35. The van der Waals surface area contributed by atoms with Gasteiger partial charge in [0.15, 0.2) is 0 Å². The van der Waals surface area contributed by atoms with E-state index < -0.39 is 29.2 Å². The third-order valence-corrected chi connectivity index (χ3v) is 1.79. The molecule has 0 aliphatic rings. The summed E-state index contributed by atoms with van der Waals surface area (Å²) in [5.74, 6) is 0.217. The Hall–Kier alpha value is -1.54. The van der Waals surface area contributed by atoms with E-state index in [0.29, 0.717) is 6.07 Å². The molecule has 0 fully saturated rings. The molecule has 1 atom stereocenters. The first-order chi connectivity index (χ1) is 6.88. The Kier molecular flexibility index (Phi) is 3.01. The minimum absolute atomic E-state index is 0.549. The highest BCUT2D eigenvalue weighted by Crippen LogP contribution is 2.33. The van der Waals surface area contributed by atoms with Gasteiger partial charge in [0, 0.05) is 5.56 Å². The van der Waals surface area contributed by atoms with Crippen LogP contribution in [0.25, 0.3) is 0 Å². The van der Waals surface area contributed by atoms with Gasteiger partial charge in [-0.3, -0.25) is 0 Å². The molecule has 0 amide bonds. The summed E-state index contributed by atoms with van der Waals surface area (Å²) in [6.45, 7) is 0. The van der Waals surface area contributed by atoms with Crippen molar-refractivity contribution in [1.82, 2.24) is 0 Å². The standard InChI is InChI=1S/C10H6F4O/c1-2-8(15)6-4-3-5-7(9(6)11)10(12,13)14/h1,3-5,8,15H. The van der Waals surface area contributed by atoms with E-state index in [1.54, 1.807) is 5.92 Å². The predicted molar refractivity (Wildman–Crippen MR) is 45.2 cm³/mol. The first-order valence-electron chi connectivity index (χ1n) is 3.87. The van der Waals surface area contributed by atoms with Gasteiger partial charge in [-0.05, 0) is 6.07 Å². The topological polar surface area (TPSA) is 20.2 Å². The SMILES string of the molecule is C#CC(O)c1cccc(C(F)(F)F)c1F.